The van der Waals surface area contributed by atoms with E-state index in [1.165, 1.54) is 54.6 Å². The molecule has 0 aliphatic carbocycles. The first-order valence-corrected chi connectivity index (χ1v) is 20.1. The summed E-state index contributed by atoms with van der Waals surface area (Å²) in [7, 11) is 0. The van der Waals surface area contributed by atoms with E-state index in [0.717, 1.165) is 60.8 Å². The van der Waals surface area contributed by atoms with E-state index in [1.807, 2.05) is 30.3 Å². The highest BCUT2D eigenvalue weighted by molar-refractivity contribution is 6.29. The number of furan rings is 1. The van der Waals surface area contributed by atoms with Crippen LogP contribution in [0.5, 0.6) is 0 Å². The highest BCUT2D eigenvalue weighted by Gasteiger charge is 2.22. The Balaban J connectivity index is 1.15. The number of nitrogens with zero attached hydrogens (tertiary/aromatic N) is 2. The fraction of sp³-hybridized carbons (Fsp3) is 0. The van der Waals surface area contributed by atoms with Crippen molar-refractivity contribution in [1.82, 2.24) is 9.97 Å². The molecule has 0 saturated carbocycles. The van der Waals surface area contributed by atoms with Crippen LogP contribution in [0.4, 0.5) is 0 Å². The summed E-state index contributed by atoms with van der Waals surface area (Å²) in [5, 5.41) is 11.9. The molecule has 2 aromatic heterocycles. The Morgan fingerprint density at radius 1 is 0.322 bits per heavy atom. The first-order valence-electron chi connectivity index (χ1n) is 20.1. The fourth-order valence-corrected chi connectivity index (χ4v) is 9.27. The lowest BCUT2D eigenvalue weighted by molar-refractivity contribution is 0.670. The molecule has 0 saturated heterocycles. The van der Waals surface area contributed by atoms with Crippen molar-refractivity contribution < 1.29 is 4.42 Å². The van der Waals surface area contributed by atoms with Crippen molar-refractivity contribution in [2.24, 2.45) is 0 Å². The van der Waals surface area contributed by atoms with Gasteiger partial charge in [-0.25, -0.2) is 9.97 Å². The molecule has 0 spiro atoms. The molecule has 0 N–H and O–H groups in total. The lowest BCUT2D eigenvalue weighted by atomic mass is 9.82. The van der Waals surface area contributed by atoms with Crippen LogP contribution >= 0.6 is 0 Å². The van der Waals surface area contributed by atoms with E-state index in [4.69, 9.17) is 14.4 Å². The second-order valence-corrected chi connectivity index (χ2v) is 15.2. The maximum atomic E-state index is 6.54. The van der Waals surface area contributed by atoms with E-state index in [-0.39, 0.29) is 0 Å². The van der Waals surface area contributed by atoms with Crippen molar-refractivity contribution >= 4 is 65.0 Å². The highest BCUT2D eigenvalue weighted by atomic mass is 16.3. The van der Waals surface area contributed by atoms with Gasteiger partial charge >= 0.3 is 0 Å². The summed E-state index contributed by atoms with van der Waals surface area (Å²) in [6, 6.07) is 73.4. The molecule has 0 atom stereocenters. The molecule has 0 aliphatic rings. The van der Waals surface area contributed by atoms with E-state index >= 15 is 0 Å². The first-order chi connectivity index (χ1) is 29.3. The van der Waals surface area contributed by atoms with Gasteiger partial charge in [0.2, 0.25) is 0 Å². The Morgan fingerprint density at radius 3 is 1.64 bits per heavy atom. The Kier molecular flexibility index (Phi) is 7.54. The number of rotatable bonds is 5. The fourth-order valence-electron chi connectivity index (χ4n) is 9.27. The quantitative estimate of drug-likeness (QED) is 0.130. The van der Waals surface area contributed by atoms with Crippen molar-refractivity contribution in [3.05, 3.63) is 206 Å². The van der Waals surface area contributed by atoms with Crippen molar-refractivity contribution in [2.45, 2.75) is 0 Å². The monoisotopic (exact) mass is 750 g/mol. The molecule has 12 aromatic rings. The van der Waals surface area contributed by atoms with Gasteiger partial charge in [-0.1, -0.05) is 188 Å². The van der Waals surface area contributed by atoms with Crippen molar-refractivity contribution in [3.63, 3.8) is 0 Å². The van der Waals surface area contributed by atoms with E-state index in [2.05, 4.69) is 176 Å². The molecule has 10 aromatic carbocycles. The maximum Gasteiger partial charge on any atom is 0.160 e. The number of benzene rings is 10. The normalized spacial score (nSPS) is 11.7. The van der Waals surface area contributed by atoms with Crippen molar-refractivity contribution in [3.8, 4) is 56.2 Å². The lowest BCUT2D eigenvalue weighted by Crippen LogP contribution is -1.97. The van der Waals surface area contributed by atoms with Crippen LogP contribution in [0.3, 0.4) is 0 Å². The van der Waals surface area contributed by atoms with Crippen LogP contribution in [0.1, 0.15) is 0 Å². The van der Waals surface area contributed by atoms with E-state index in [1.54, 1.807) is 0 Å². The standard InChI is InChI=1S/C56H34N2O/c1-3-17-36(18-4-1)52-43-25-11-12-26-44(43)54(53-38-21-8-7-16-35(38)30-31-48(52)53)45-33-32-41(39-22-9-10-23-40(39)45)49-34-50(58-56(57-49)37-19-5-2-6-20-37)47-28-15-27-46-42-24-13-14-29-51(42)59-55(46)47/h1-34H. The Morgan fingerprint density at radius 2 is 0.881 bits per heavy atom. The number of para-hydroxylation sites is 2. The molecule has 3 nitrogen and oxygen atoms in total. The number of hydrogen-bond donors (Lipinski definition) is 0. The van der Waals surface area contributed by atoms with Crippen LogP contribution in [0.15, 0.2) is 211 Å². The van der Waals surface area contributed by atoms with Gasteiger partial charge in [0.25, 0.3) is 0 Å². The minimum Gasteiger partial charge on any atom is -0.455 e. The van der Waals surface area contributed by atoms with Gasteiger partial charge in [-0.15, -0.1) is 0 Å². The Hall–Kier alpha value is -7.88. The average molecular weight is 751 g/mol. The van der Waals surface area contributed by atoms with Crippen LogP contribution in [-0.2, 0) is 0 Å². The third-order valence-corrected chi connectivity index (χ3v) is 11.9. The molecule has 0 fully saturated rings. The summed E-state index contributed by atoms with van der Waals surface area (Å²) in [5.74, 6) is 0.666. The molecule has 0 aliphatic heterocycles. The largest absolute Gasteiger partial charge is 0.455 e. The van der Waals surface area contributed by atoms with Gasteiger partial charge < -0.3 is 4.42 Å². The van der Waals surface area contributed by atoms with Crippen LogP contribution < -0.4 is 0 Å². The zero-order chi connectivity index (χ0) is 38.9. The van der Waals surface area contributed by atoms with E-state index in [0.29, 0.717) is 5.82 Å². The topological polar surface area (TPSA) is 38.9 Å². The van der Waals surface area contributed by atoms with E-state index < -0.39 is 0 Å². The molecule has 274 valence electrons. The summed E-state index contributed by atoms with van der Waals surface area (Å²) < 4.78 is 6.54. The van der Waals surface area contributed by atoms with Crippen LogP contribution in [-0.4, -0.2) is 9.97 Å². The van der Waals surface area contributed by atoms with Gasteiger partial charge in [0, 0.05) is 27.5 Å². The van der Waals surface area contributed by atoms with Gasteiger partial charge in [-0.2, -0.15) is 0 Å². The third kappa shape index (κ3) is 5.29. The summed E-state index contributed by atoms with van der Waals surface area (Å²) >= 11 is 0. The molecule has 3 heteroatoms. The predicted molar refractivity (Wildman–Crippen MR) is 247 cm³/mol. The second kappa shape index (κ2) is 13.4. The second-order valence-electron chi connectivity index (χ2n) is 15.2. The summed E-state index contributed by atoms with van der Waals surface area (Å²) in [5.41, 5.74) is 11.2. The number of aromatic nitrogens is 2. The molecule has 0 bridgehead atoms. The van der Waals surface area contributed by atoms with Gasteiger partial charge in [-0.05, 0) is 83.5 Å². The van der Waals surface area contributed by atoms with Gasteiger partial charge in [0.15, 0.2) is 5.82 Å². The number of hydrogen-bond acceptors (Lipinski definition) is 3. The van der Waals surface area contributed by atoms with Crippen molar-refractivity contribution in [2.75, 3.05) is 0 Å². The number of fused-ring (bicyclic) bond motifs is 8. The Bertz CT molecular complexity index is 3610. The molecule has 0 unspecified atom stereocenters. The summed E-state index contributed by atoms with van der Waals surface area (Å²) in [4.78, 5) is 10.5. The third-order valence-electron chi connectivity index (χ3n) is 11.9. The summed E-state index contributed by atoms with van der Waals surface area (Å²) in [6.07, 6.45) is 0. The average Bonchev–Trinajstić information content (AvgIpc) is 3.70. The van der Waals surface area contributed by atoms with Crippen LogP contribution in [0, 0.1) is 0 Å². The minimum atomic E-state index is 0.666. The molecule has 0 radical (unpaired) electrons. The van der Waals surface area contributed by atoms with E-state index in [9.17, 15) is 0 Å². The maximum absolute atomic E-state index is 6.54. The first kappa shape index (κ1) is 33.3. The minimum absolute atomic E-state index is 0.666. The summed E-state index contributed by atoms with van der Waals surface area (Å²) in [6.45, 7) is 0. The van der Waals surface area contributed by atoms with Crippen molar-refractivity contribution in [1.29, 1.82) is 0 Å². The molecule has 59 heavy (non-hydrogen) atoms. The van der Waals surface area contributed by atoms with Gasteiger partial charge in [0.1, 0.15) is 11.2 Å². The van der Waals surface area contributed by atoms with Crippen LogP contribution in [0.2, 0.25) is 0 Å². The lowest BCUT2D eigenvalue weighted by Gasteiger charge is -2.21. The predicted octanol–water partition coefficient (Wildman–Crippen LogP) is 15.3. The molecular weight excluding hydrogens is 717 g/mol. The Labute approximate surface area is 340 Å². The molecule has 12 rings (SSSR count). The van der Waals surface area contributed by atoms with Gasteiger partial charge in [-0.3, -0.25) is 0 Å². The molecular formula is C56H34N2O. The molecule has 0 amide bonds. The molecule has 2 heterocycles. The smallest absolute Gasteiger partial charge is 0.160 e. The van der Waals surface area contributed by atoms with Gasteiger partial charge in [0.05, 0.1) is 11.4 Å². The zero-order valence-corrected chi connectivity index (χ0v) is 31.9. The SMILES string of the molecule is c1ccc(-c2nc(-c3ccc(-c4c5ccccc5c(-c5ccccc5)c5ccc6ccccc6c45)c4ccccc34)cc(-c3cccc4c3oc3ccccc34)n2)cc1. The highest BCUT2D eigenvalue weighted by Crippen LogP contribution is 2.48. The van der Waals surface area contributed by atoms with Crippen LogP contribution in [0.25, 0.3) is 121 Å². The zero-order valence-electron chi connectivity index (χ0n) is 31.9.